The van der Waals surface area contributed by atoms with Crippen LogP contribution in [0.2, 0.25) is 0 Å². The van der Waals surface area contributed by atoms with Crippen molar-refractivity contribution in [3.8, 4) is 11.6 Å². The number of nitrogens with two attached hydrogens (primary N) is 1. The lowest BCUT2D eigenvalue weighted by atomic mass is 10.5. The summed E-state index contributed by atoms with van der Waals surface area (Å²) in [5, 5.41) is 0. The minimum atomic E-state index is 0.549. The van der Waals surface area contributed by atoms with Crippen LogP contribution in [-0.2, 0) is 7.05 Å². The summed E-state index contributed by atoms with van der Waals surface area (Å²) >= 11 is 0. The summed E-state index contributed by atoms with van der Waals surface area (Å²) < 4.78 is 1.84. The highest BCUT2D eigenvalue weighted by Gasteiger charge is 2.06. The molecule has 14 heavy (non-hydrogen) atoms. The first-order valence-electron chi connectivity index (χ1n) is 4.08. The monoisotopic (exact) mass is 190 g/mol. The van der Waals surface area contributed by atoms with E-state index in [9.17, 15) is 0 Å². The van der Waals surface area contributed by atoms with Crippen molar-refractivity contribution in [1.29, 1.82) is 0 Å². The molecule has 3 N–H and O–H groups in total. The van der Waals surface area contributed by atoms with E-state index in [1.807, 2.05) is 17.8 Å². The molecule has 0 bridgehead atoms. The zero-order valence-electron chi connectivity index (χ0n) is 7.68. The minimum absolute atomic E-state index is 0.549. The number of imidazole rings is 1. The van der Waals surface area contributed by atoms with Crippen molar-refractivity contribution in [3.63, 3.8) is 0 Å². The molecule has 0 amide bonds. The number of hydrogen-bond donors (Lipinski definition) is 2. The molecule has 0 atom stereocenters. The number of rotatable bonds is 2. The molecule has 0 aromatic carbocycles. The van der Waals surface area contributed by atoms with E-state index in [4.69, 9.17) is 5.84 Å². The Morgan fingerprint density at radius 2 is 2.21 bits per heavy atom. The van der Waals surface area contributed by atoms with Crippen LogP contribution in [0.5, 0.6) is 0 Å². The Balaban J connectivity index is 2.47. The van der Waals surface area contributed by atoms with Crippen molar-refractivity contribution in [2.45, 2.75) is 0 Å². The van der Waals surface area contributed by atoms with Gasteiger partial charge in [0.2, 0.25) is 0 Å². The van der Waals surface area contributed by atoms with Gasteiger partial charge in [-0.15, -0.1) is 0 Å². The quantitative estimate of drug-likeness (QED) is 0.521. The van der Waals surface area contributed by atoms with E-state index >= 15 is 0 Å². The second-order valence-electron chi connectivity index (χ2n) is 2.77. The summed E-state index contributed by atoms with van der Waals surface area (Å²) in [6, 6.07) is 1.69. The zero-order valence-corrected chi connectivity index (χ0v) is 7.68. The lowest BCUT2D eigenvalue weighted by Gasteiger charge is -2.02. The molecule has 0 aliphatic heterocycles. The van der Waals surface area contributed by atoms with E-state index in [2.05, 4.69) is 20.4 Å². The number of nitrogens with one attached hydrogen (secondary N) is 1. The molecule has 0 fully saturated rings. The Morgan fingerprint density at radius 3 is 2.86 bits per heavy atom. The van der Waals surface area contributed by atoms with Crippen LogP contribution < -0.4 is 11.3 Å². The molecular weight excluding hydrogens is 180 g/mol. The fourth-order valence-electron chi connectivity index (χ4n) is 1.13. The normalized spacial score (nSPS) is 10.1. The van der Waals surface area contributed by atoms with Crippen molar-refractivity contribution >= 4 is 5.82 Å². The Labute approximate surface area is 80.8 Å². The molecule has 0 aliphatic carbocycles. The highest BCUT2D eigenvalue weighted by Crippen LogP contribution is 2.12. The van der Waals surface area contributed by atoms with Crippen molar-refractivity contribution in [3.05, 3.63) is 24.7 Å². The first-order chi connectivity index (χ1) is 6.81. The smallest absolute Gasteiger partial charge is 0.197 e. The van der Waals surface area contributed by atoms with Gasteiger partial charge in [-0.2, -0.15) is 0 Å². The Morgan fingerprint density at radius 1 is 1.36 bits per heavy atom. The Kier molecular flexibility index (Phi) is 2.11. The summed E-state index contributed by atoms with van der Waals surface area (Å²) in [6.45, 7) is 0. The highest BCUT2D eigenvalue weighted by atomic mass is 15.3. The molecule has 0 unspecified atom stereocenters. The second kappa shape index (κ2) is 3.43. The van der Waals surface area contributed by atoms with Gasteiger partial charge in [-0.05, 0) is 0 Å². The van der Waals surface area contributed by atoms with Crippen molar-refractivity contribution < 1.29 is 0 Å². The first kappa shape index (κ1) is 8.64. The number of hydrogen-bond acceptors (Lipinski definition) is 5. The molecule has 6 heteroatoms. The molecule has 0 aliphatic rings. The molecule has 0 saturated heterocycles. The molecule has 72 valence electrons. The third kappa shape index (κ3) is 1.42. The van der Waals surface area contributed by atoms with Gasteiger partial charge in [0.25, 0.3) is 0 Å². The van der Waals surface area contributed by atoms with E-state index in [-0.39, 0.29) is 0 Å². The maximum atomic E-state index is 5.24. The third-order valence-electron chi connectivity index (χ3n) is 1.82. The molecule has 2 aromatic rings. The number of aryl methyl sites for hydroxylation is 1. The second-order valence-corrected chi connectivity index (χ2v) is 2.77. The maximum Gasteiger partial charge on any atom is 0.197 e. The van der Waals surface area contributed by atoms with E-state index in [1.54, 1.807) is 18.5 Å². The van der Waals surface area contributed by atoms with Crippen LogP contribution in [0.3, 0.4) is 0 Å². The lowest BCUT2D eigenvalue weighted by Crippen LogP contribution is -2.09. The molecule has 0 radical (unpaired) electrons. The Bertz CT molecular complexity index is 435. The van der Waals surface area contributed by atoms with Gasteiger partial charge < -0.3 is 9.99 Å². The summed E-state index contributed by atoms with van der Waals surface area (Å²) in [5.41, 5.74) is 2.46. The molecule has 0 spiro atoms. The van der Waals surface area contributed by atoms with Crippen LogP contribution >= 0.6 is 0 Å². The molecule has 2 aromatic heterocycles. The fraction of sp³-hybridized carbons (Fsp3) is 0.125. The van der Waals surface area contributed by atoms with Crippen molar-refractivity contribution in [2.75, 3.05) is 5.43 Å². The first-order valence-corrected chi connectivity index (χ1v) is 4.08. The standard InChI is InChI=1S/C8H10N6/c1-14-5-4-11-8(14)7-10-3-2-6(12-7)13-9/h2-5H,9H2,1H3,(H,10,12,13). The minimum Gasteiger partial charge on any atom is -0.331 e. The van der Waals surface area contributed by atoms with Gasteiger partial charge in [0.1, 0.15) is 5.82 Å². The van der Waals surface area contributed by atoms with Crippen LogP contribution in [0, 0.1) is 0 Å². The topological polar surface area (TPSA) is 81.7 Å². The maximum absolute atomic E-state index is 5.24. The number of aromatic nitrogens is 4. The van der Waals surface area contributed by atoms with Gasteiger partial charge in [-0.1, -0.05) is 0 Å². The van der Waals surface area contributed by atoms with Crippen LogP contribution in [0.15, 0.2) is 24.7 Å². The van der Waals surface area contributed by atoms with E-state index in [0.717, 1.165) is 0 Å². The van der Waals surface area contributed by atoms with Crippen LogP contribution in [0.25, 0.3) is 11.6 Å². The molecule has 2 rings (SSSR count). The number of nitrogen functional groups attached to an aromatic ring is 1. The molecule has 0 saturated carbocycles. The predicted molar refractivity (Wildman–Crippen MR) is 52.0 cm³/mol. The SMILES string of the molecule is Cn1ccnc1-c1nccc(NN)n1. The fourth-order valence-corrected chi connectivity index (χ4v) is 1.13. The van der Waals surface area contributed by atoms with Crippen LogP contribution in [-0.4, -0.2) is 19.5 Å². The summed E-state index contributed by atoms with van der Waals surface area (Å²) in [4.78, 5) is 12.4. The third-order valence-corrected chi connectivity index (χ3v) is 1.82. The van der Waals surface area contributed by atoms with Crippen molar-refractivity contribution in [2.24, 2.45) is 12.9 Å². The average molecular weight is 190 g/mol. The number of hydrazine groups is 1. The van der Waals surface area contributed by atoms with Gasteiger partial charge >= 0.3 is 0 Å². The zero-order chi connectivity index (χ0) is 9.97. The summed E-state index contributed by atoms with van der Waals surface area (Å²) in [5.74, 6) is 7.07. The molecule has 6 nitrogen and oxygen atoms in total. The summed E-state index contributed by atoms with van der Waals surface area (Å²) in [6.07, 6.45) is 5.16. The van der Waals surface area contributed by atoms with E-state index < -0.39 is 0 Å². The van der Waals surface area contributed by atoms with Gasteiger partial charge in [0, 0.05) is 31.7 Å². The largest absolute Gasteiger partial charge is 0.331 e. The van der Waals surface area contributed by atoms with Crippen LogP contribution in [0.1, 0.15) is 0 Å². The highest BCUT2D eigenvalue weighted by molar-refractivity contribution is 5.47. The average Bonchev–Trinajstić information content (AvgIpc) is 2.65. The number of anilines is 1. The van der Waals surface area contributed by atoms with Gasteiger partial charge in [-0.25, -0.2) is 20.8 Å². The summed E-state index contributed by atoms with van der Waals surface area (Å²) in [7, 11) is 1.88. The van der Waals surface area contributed by atoms with Crippen LogP contribution in [0.4, 0.5) is 5.82 Å². The van der Waals surface area contributed by atoms with Gasteiger partial charge in [0.15, 0.2) is 11.6 Å². The predicted octanol–water partition coefficient (Wildman–Crippen LogP) is 0.163. The van der Waals surface area contributed by atoms with Crippen molar-refractivity contribution in [1.82, 2.24) is 19.5 Å². The van der Waals surface area contributed by atoms with Gasteiger partial charge in [0.05, 0.1) is 0 Å². The lowest BCUT2D eigenvalue weighted by molar-refractivity contribution is 0.906. The van der Waals surface area contributed by atoms with E-state index in [0.29, 0.717) is 17.5 Å². The molecular formula is C8H10N6. The van der Waals surface area contributed by atoms with Gasteiger partial charge in [-0.3, -0.25) is 0 Å². The Hall–Kier alpha value is -1.95. The van der Waals surface area contributed by atoms with E-state index in [1.165, 1.54) is 0 Å². The number of nitrogens with zero attached hydrogens (tertiary/aromatic N) is 4. The molecule has 2 heterocycles.